The number of carbonyl (C=O) groups is 1. The molecule has 92 valence electrons. The van der Waals surface area contributed by atoms with Gasteiger partial charge in [-0.15, -0.1) is 0 Å². The van der Waals surface area contributed by atoms with Crippen LogP contribution in [0.1, 0.15) is 27.0 Å². The van der Waals surface area contributed by atoms with E-state index in [4.69, 9.17) is 5.73 Å². The number of nitrogens with one attached hydrogen (secondary N) is 1. The number of H-pyrrole nitrogens is 1. The normalized spacial score (nSPS) is 10.3. The summed E-state index contributed by atoms with van der Waals surface area (Å²) in [5.74, 6) is -0.706. The summed E-state index contributed by atoms with van der Waals surface area (Å²) < 4.78 is 0. The van der Waals surface area contributed by atoms with Crippen LogP contribution >= 0.6 is 0 Å². The summed E-state index contributed by atoms with van der Waals surface area (Å²) in [5, 5.41) is 0. The molecule has 1 aromatic heterocycles. The average molecular weight is 242 g/mol. The molecule has 2 aromatic rings. The van der Waals surface area contributed by atoms with Gasteiger partial charge in [-0.1, -0.05) is 29.8 Å². The van der Waals surface area contributed by atoms with Gasteiger partial charge in [0, 0.05) is 6.20 Å². The molecule has 0 bridgehead atoms. The molecule has 4 nitrogen and oxygen atoms in total. The van der Waals surface area contributed by atoms with Crippen LogP contribution in [-0.4, -0.2) is 10.9 Å². The van der Waals surface area contributed by atoms with Gasteiger partial charge in [0.2, 0.25) is 0 Å². The highest BCUT2D eigenvalue weighted by molar-refractivity contribution is 5.92. The lowest BCUT2D eigenvalue weighted by Crippen LogP contribution is -2.23. The Balaban J connectivity index is 2.30. The van der Waals surface area contributed by atoms with Gasteiger partial charge < -0.3 is 10.7 Å². The van der Waals surface area contributed by atoms with Crippen molar-refractivity contribution in [3.05, 3.63) is 69.1 Å². The fourth-order valence-corrected chi connectivity index (χ4v) is 1.76. The van der Waals surface area contributed by atoms with Gasteiger partial charge in [-0.2, -0.15) is 0 Å². The standard InChI is InChI=1S/C14H14N2O2/c1-9-2-4-10(5-3-9)6-11-7-12(13(15)17)14(18)16-8-11/h2-5,7-8H,6H2,1H3,(H2,15,17)(H,16,18). The van der Waals surface area contributed by atoms with E-state index < -0.39 is 11.5 Å². The summed E-state index contributed by atoms with van der Waals surface area (Å²) in [5.41, 5.74) is 7.85. The van der Waals surface area contributed by atoms with Crippen LogP contribution in [0.15, 0.2) is 41.3 Å². The third-order valence-corrected chi connectivity index (χ3v) is 2.76. The molecule has 0 radical (unpaired) electrons. The van der Waals surface area contributed by atoms with Crippen LogP contribution in [0.5, 0.6) is 0 Å². The van der Waals surface area contributed by atoms with E-state index in [1.54, 1.807) is 12.3 Å². The van der Waals surface area contributed by atoms with Crippen LogP contribution in [0.3, 0.4) is 0 Å². The van der Waals surface area contributed by atoms with E-state index >= 15 is 0 Å². The Morgan fingerprint density at radius 1 is 1.22 bits per heavy atom. The van der Waals surface area contributed by atoms with Crippen LogP contribution in [0.25, 0.3) is 0 Å². The van der Waals surface area contributed by atoms with E-state index in [0.29, 0.717) is 6.42 Å². The number of aryl methyl sites for hydroxylation is 1. The molecule has 1 aromatic carbocycles. The molecule has 2 rings (SSSR count). The number of hydrogen-bond donors (Lipinski definition) is 2. The maximum atomic E-state index is 11.4. The minimum Gasteiger partial charge on any atom is -0.365 e. The van der Waals surface area contributed by atoms with Crippen LogP contribution in [0.2, 0.25) is 0 Å². The van der Waals surface area contributed by atoms with E-state index in [-0.39, 0.29) is 5.56 Å². The highest BCUT2D eigenvalue weighted by Crippen LogP contribution is 2.09. The molecule has 0 spiro atoms. The van der Waals surface area contributed by atoms with Gasteiger partial charge in [0.25, 0.3) is 11.5 Å². The number of aromatic amines is 1. The first-order valence-electron chi connectivity index (χ1n) is 5.63. The fraction of sp³-hybridized carbons (Fsp3) is 0.143. The lowest BCUT2D eigenvalue weighted by Gasteiger charge is -2.03. The van der Waals surface area contributed by atoms with Gasteiger partial charge in [-0.3, -0.25) is 9.59 Å². The number of carbonyl (C=O) groups excluding carboxylic acids is 1. The van der Waals surface area contributed by atoms with E-state index in [9.17, 15) is 9.59 Å². The Kier molecular flexibility index (Phi) is 3.28. The third kappa shape index (κ3) is 2.66. The molecule has 4 heteroatoms. The molecular weight excluding hydrogens is 228 g/mol. The predicted molar refractivity (Wildman–Crippen MR) is 69.6 cm³/mol. The van der Waals surface area contributed by atoms with Crippen molar-refractivity contribution in [1.29, 1.82) is 0 Å². The number of benzene rings is 1. The molecule has 0 aliphatic rings. The van der Waals surface area contributed by atoms with Gasteiger partial charge in [0.15, 0.2) is 0 Å². The average Bonchev–Trinajstić information content (AvgIpc) is 2.34. The summed E-state index contributed by atoms with van der Waals surface area (Å²) >= 11 is 0. The zero-order valence-corrected chi connectivity index (χ0v) is 10.1. The highest BCUT2D eigenvalue weighted by atomic mass is 16.2. The molecule has 0 aliphatic heterocycles. The topological polar surface area (TPSA) is 75.9 Å². The van der Waals surface area contributed by atoms with Gasteiger partial charge in [0.1, 0.15) is 5.56 Å². The predicted octanol–water partition coefficient (Wildman–Crippen LogP) is 1.37. The fourth-order valence-electron chi connectivity index (χ4n) is 1.76. The molecule has 1 amide bonds. The van der Waals surface area contributed by atoms with Gasteiger partial charge in [0.05, 0.1) is 0 Å². The van der Waals surface area contributed by atoms with Crippen molar-refractivity contribution in [2.75, 3.05) is 0 Å². The first kappa shape index (κ1) is 12.1. The number of rotatable bonds is 3. The second-order valence-electron chi connectivity index (χ2n) is 4.28. The van der Waals surface area contributed by atoms with Crippen molar-refractivity contribution in [2.45, 2.75) is 13.3 Å². The van der Waals surface area contributed by atoms with Crippen molar-refractivity contribution >= 4 is 5.91 Å². The minimum absolute atomic E-state index is 0.000360. The number of aromatic nitrogens is 1. The molecule has 0 aliphatic carbocycles. The quantitative estimate of drug-likeness (QED) is 0.853. The second-order valence-corrected chi connectivity index (χ2v) is 4.28. The largest absolute Gasteiger partial charge is 0.365 e. The molecular formula is C14H14N2O2. The van der Waals surface area contributed by atoms with Crippen LogP contribution in [0, 0.1) is 6.92 Å². The molecule has 0 fully saturated rings. The number of primary amides is 1. The van der Waals surface area contributed by atoms with Crippen LogP contribution in [-0.2, 0) is 6.42 Å². The Labute approximate surface area is 104 Å². The van der Waals surface area contributed by atoms with Crippen molar-refractivity contribution < 1.29 is 4.79 Å². The first-order chi connectivity index (χ1) is 8.56. The van der Waals surface area contributed by atoms with E-state index in [1.165, 1.54) is 5.56 Å². The molecule has 0 atom stereocenters. The molecule has 0 unspecified atom stereocenters. The maximum Gasteiger partial charge on any atom is 0.260 e. The van der Waals surface area contributed by atoms with Crippen molar-refractivity contribution in [3.63, 3.8) is 0 Å². The van der Waals surface area contributed by atoms with Crippen molar-refractivity contribution in [1.82, 2.24) is 4.98 Å². The SMILES string of the molecule is Cc1ccc(Cc2c[nH]c(=O)c(C(N)=O)c2)cc1. The zero-order valence-electron chi connectivity index (χ0n) is 10.1. The Hall–Kier alpha value is -2.36. The van der Waals surface area contributed by atoms with E-state index in [2.05, 4.69) is 4.98 Å². The van der Waals surface area contributed by atoms with E-state index in [1.807, 2.05) is 31.2 Å². The summed E-state index contributed by atoms with van der Waals surface area (Å²) in [4.78, 5) is 25.0. The lowest BCUT2D eigenvalue weighted by molar-refractivity contribution is 0.0998. The molecule has 18 heavy (non-hydrogen) atoms. The van der Waals surface area contributed by atoms with Gasteiger partial charge in [-0.25, -0.2) is 0 Å². The Morgan fingerprint density at radius 2 is 1.89 bits per heavy atom. The zero-order chi connectivity index (χ0) is 13.1. The summed E-state index contributed by atoms with van der Waals surface area (Å²) in [6, 6.07) is 9.63. The number of amides is 1. The molecule has 1 heterocycles. The lowest BCUT2D eigenvalue weighted by atomic mass is 10.0. The number of hydrogen-bond acceptors (Lipinski definition) is 2. The Morgan fingerprint density at radius 3 is 2.50 bits per heavy atom. The van der Waals surface area contributed by atoms with Crippen molar-refractivity contribution in [2.24, 2.45) is 5.73 Å². The first-order valence-corrected chi connectivity index (χ1v) is 5.63. The third-order valence-electron chi connectivity index (χ3n) is 2.76. The van der Waals surface area contributed by atoms with Crippen LogP contribution < -0.4 is 11.3 Å². The second kappa shape index (κ2) is 4.87. The summed E-state index contributed by atoms with van der Waals surface area (Å²) in [6.45, 7) is 2.02. The van der Waals surface area contributed by atoms with Crippen LogP contribution in [0.4, 0.5) is 0 Å². The minimum atomic E-state index is -0.706. The van der Waals surface area contributed by atoms with E-state index in [0.717, 1.165) is 11.1 Å². The molecule has 0 saturated carbocycles. The van der Waals surface area contributed by atoms with Crippen molar-refractivity contribution in [3.8, 4) is 0 Å². The highest BCUT2D eigenvalue weighted by Gasteiger charge is 2.07. The van der Waals surface area contributed by atoms with Gasteiger partial charge >= 0.3 is 0 Å². The molecule has 3 N–H and O–H groups in total. The summed E-state index contributed by atoms with van der Waals surface area (Å²) in [7, 11) is 0. The smallest absolute Gasteiger partial charge is 0.260 e. The number of pyridine rings is 1. The Bertz CT molecular complexity index is 627. The number of nitrogens with two attached hydrogens (primary N) is 1. The molecule has 0 saturated heterocycles. The maximum absolute atomic E-state index is 11.4. The van der Waals surface area contributed by atoms with Gasteiger partial charge in [-0.05, 0) is 30.5 Å². The monoisotopic (exact) mass is 242 g/mol. The summed E-state index contributed by atoms with van der Waals surface area (Å²) in [6.07, 6.45) is 2.26.